The minimum absolute atomic E-state index is 0.493. The predicted octanol–water partition coefficient (Wildman–Crippen LogP) is 3.21. The number of pyridine rings is 1. The van der Waals surface area contributed by atoms with Crippen molar-refractivity contribution in [2.24, 2.45) is 0 Å². The Bertz CT molecular complexity index is 286. The average molecular weight is 290 g/mol. The summed E-state index contributed by atoms with van der Waals surface area (Å²) in [5.41, 5.74) is 1.09. The lowest BCUT2D eigenvalue weighted by atomic mass is 10.2. The van der Waals surface area contributed by atoms with E-state index >= 15 is 0 Å². The molecule has 13 heavy (non-hydrogen) atoms. The summed E-state index contributed by atoms with van der Waals surface area (Å²) in [6, 6.07) is 4.61. The molecule has 1 atom stereocenters. The summed E-state index contributed by atoms with van der Waals surface area (Å²) in [4.78, 5) is 4.44. The zero-order chi connectivity index (χ0) is 9.84. The number of nitrogens with one attached hydrogen (secondary N) is 1. The molecule has 0 aliphatic rings. The first-order chi connectivity index (χ1) is 6.13. The Kier molecular flexibility index (Phi) is 3.96. The van der Waals surface area contributed by atoms with Crippen molar-refractivity contribution in [2.75, 3.05) is 5.32 Å². The molecule has 0 bridgehead atoms. The van der Waals surface area contributed by atoms with Gasteiger partial charge >= 0.3 is 0 Å². The van der Waals surface area contributed by atoms with E-state index in [-0.39, 0.29) is 0 Å². The second-order valence-electron chi connectivity index (χ2n) is 3.22. The molecule has 0 amide bonds. The summed E-state index contributed by atoms with van der Waals surface area (Å²) in [5.74, 6) is 0.979. The van der Waals surface area contributed by atoms with Gasteiger partial charge in [0.25, 0.3) is 0 Å². The van der Waals surface area contributed by atoms with Gasteiger partial charge in [-0.05, 0) is 55.0 Å². The summed E-state index contributed by atoms with van der Waals surface area (Å²) in [5, 5.41) is 3.35. The fourth-order valence-corrected chi connectivity index (χ4v) is 1.28. The van der Waals surface area contributed by atoms with Crippen molar-refractivity contribution in [1.82, 2.24) is 4.98 Å². The minimum atomic E-state index is 0.493. The summed E-state index contributed by atoms with van der Waals surface area (Å²) in [7, 11) is 0. The molecule has 3 heteroatoms. The van der Waals surface area contributed by atoms with Crippen LogP contribution in [0.3, 0.4) is 0 Å². The molecule has 2 nitrogen and oxygen atoms in total. The van der Waals surface area contributed by atoms with Crippen molar-refractivity contribution >= 4 is 28.4 Å². The van der Waals surface area contributed by atoms with E-state index in [1.165, 1.54) is 3.57 Å². The molecule has 0 aliphatic heterocycles. The van der Waals surface area contributed by atoms with Gasteiger partial charge in [0.2, 0.25) is 0 Å². The van der Waals surface area contributed by atoms with Crippen LogP contribution in [0.2, 0.25) is 0 Å². The maximum atomic E-state index is 4.44. The van der Waals surface area contributed by atoms with Crippen LogP contribution in [-0.4, -0.2) is 11.0 Å². The van der Waals surface area contributed by atoms with Crippen LogP contribution in [0.1, 0.15) is 26.0 Å². The molecule has 1 aromatic heterocycles. The van der Waals surface area contributed by atoms with E-state index in [4.69, 9.17) is 0 Å². The third-order valence-corrected chi connectivity index (χ3v) is 3.17. The van der Waals surface area contributed by atoms with Crippen LogP contribution < -0.4 is 5.32 Å². The fourth-order valence-electron chi connectivity index (χ4n) is 0.979. The van der Waals surface area contributed by atoms with Crippen molar-refractivity contribution in [3.05, 3.63) is 21.4 Å². The number of anilines is 1. The zero-order valence-electron chi connectivity index (χ0n) is 8.26. The Labute approximate surface area is 93.3 Å². The van der Waals surface area contributed by atoms with Crippen LogP contribution in [0, 0.1) is 10.5 Å². The number of aryl methyl sites for hydroxylation is 1. The van der Waals surface area contributed by atoms with Crippen molar-refractivity contribution in [2.45, 2.75) is 33.2 Å². The topological polar surface area (TPSA) is 24.9 Å². The third-order valence-electron chi connectivity index (χ3n) is 2.03. The van der Waals surface area contributed by atoms with Gasteiger partial charge in [0.05, 0.1) is 5.69 Å². The Hall–Kier alpha value is -0.320. The van der Waals surface area contributed by atoms with Gasteiger partial charge in [-0.3, -0.25) is 0 Å². The second kappa shape index (κ2) is 4.79. The monoisotopic (exact) mass is 290 g/mol. The lowest BCUT2D eigenvalue weighted by Gasteiger charge is -2.12. The van der Waals surface area contributed by atoms with Gasteiger partial charge in [-0.25, -0.2) is 4.98 Å². The molecular weight excluding hydrogens is 275 g/mol. The van der Waals surface area contributed by atoms with E-state index in [1.54, 1.807) is 0 Å². The highest BCUT2D eigenvalue weighted by atomic mass is 127. The standard InChI is InChI=1S/C10H15IN2/c1-4-7(2)12-10-6-5-9(11)8(3)13-10/h5-7H,4H2,1-3H3,(H,12,13). The van der Waals surface area contributed by atoms with E-state index in [1.807, 2.05) is 13.0 Å². The van der Waals surface area contributed by atoms with E-state index in [0.717, 1.165) is 17.9 Å². The highest BCUT2D eigenvalue weighted by Crippen LogP contribution is 2.13. The molecule has 72 valence electrons. The quantitative estimate of drug-likeness (QED) is 0.865. The van der Waals surface area contributed by atoms with Crippen LogP contribution in [0.15, 0.2) is 12.1 Å². The molecule has 0 spiro atoms. The lowest BCUT2D eigenvalue weighted by molar-refractivity contribution is 0.758. The third kappa shape index (κ3) is 3.14. The van der Waals surface area contributed by atoms with Gasteiger partial charge in [0, 0.05) is 9.61 Å². The summed E-state index contributed by atoms with van der Waals surface area (Å²) in [6.07, 6.45) is 1.12. The van der Waals surface area contributed by atoms with Gasteiger partial charge in [-0.15, -0.1) is 0 Å². The molecule has 0 saturated heterocycles. The first kappa shape index (κ1) is 10.8. The largest absolute Gasteiger partial charge is 0.368 e. The molecular formula is C10H15IN2. The van der Waals surface area contributed by atoms with Crippen LogP contribution >= 0.6 is 22.6 Å². The number of aromatic nitrogens is 1. The first-order valence-electron chi connectivity index (χ1n) is 4.53. The summed E-state index contributed by atoms with van der Waals surface area (Å²) in [6.45, 7) is 6.36. The van der Waals surface area contributed by atoms with E-state index in [9.17, 15) is 0 Å². The molecule has 0 fully saturated rings. The molecule has 0 saturated carbocycles. The van der Waals surface area contributed by atoms with Crippen molar-refractivity contribution in [3.8, 4) is 0 Å². The Morgan fingerprint density at radius 2 is 2.23 bits per heavy atom. The second-order valence-corrected chi connectivity index (χ2v) is 4.38. The Morgan fingerprint density at radius 3 is 2.77 bits per heavy atom. The molecule has 1 N–H and O–H groups in total. The zero-order valence-corrected chi connectivity index (χ0v) is 10.4. The lowest BCUT2D eigenvalue weighted by Crippen LogP contribution is -2.14. The van der Waals surface area contributed by atoms with Gasteiger partial charge in [-0.2, -0.15) is 0 Å². The fraction of sp³-hybridized carbons (Fsp3) is 0.500. The van der Waals surface area contributed by atoms with Crippen LogP contribution in [0.25, 0.3) is 0 Å². The molecule has 0 radical (unpaired) electrons. The maximum Gasteiger partial charge on any atom is 0.126 e. The molecule has 0 aromatic carbocycles. The number of hydrogen-bond acceptors (Lipinski definition) is 2. The Morgan fingerprint density at radius 1 is 1.54 bits per heavy atom. The van der Waals surface area contributed by atoms with Crippen LogP contribution in [0.5, 0.6) is 0 Å². The molecule has 1 heterocycles. The van der Waals surface area contributed by atoms with Gasteiger partial charge in [-0.1, -0.05) is 6.92 Å². The number of nitrogens with zero attached hydrogens (tertiary/aromatic N) is 1. The van der Waals surface area contributed by atoms with Gasteiger partial charge in [0.15, 0.2) is 0 Å². The van der Waals surface area contributed by atoms with Crippen LogP contribution in [0.4, 0.5) is 5.82 Å². The van der Waals surface area contributed by atoms with Crippen molar-refractivity contribution in [1.29, 1.82) is 0 Å². The van der Waals surface area contributed by atoms with E-state index in [2.05, 4.69) is 52.8 Å². The normalized spacial score (nSPS) is 12.6. The minimum Gasteiger partial charge on any atom is -0.368 e. The van der Waals surface area contributed by atoms with Crippen molar-refractivity contribution < 1.29 is 0 Å². The van der Waals surface area contributed by atoms with Crippen LogP contribution in [-0.2, 0) is 0 Å². The first-order valence-corrected chi connectivity index (χ1v) is 5.61. The summed E-state index contributed by atoms with van der Waals surface area (Å²) < 4.78 is 1.22. The maximum absolute atomic E-state index is 4.44. The van der Waals surface area contributed by atoms with E-state index < -0.39 is 0 Å². The number of rotatable bonds is 3. The molecule has 1 unspecified atom stereocenters. The smallest absolute Gasteiger partial charge is 0.126 e. The van der Waals surface area contributed by atoms with Gasteiger partial charge in [0.1, 0.15) is 5.82 Å². The SMILES string of the molecule is CCC(C)Nc1ccc(I)c(C)n1. The van der Waals surface area contributed by atoms with E-state index in [0.29, 0.717) is 6.04 Å². The average Bonchev–Trinajstić information content (AvgIpc) is 2.11. The van der Waals surface area contributed by atoms with Gasteiger partial charge < -0.3 is 5.32 Å². The molecule has 1 aromatic rings. The highest BCUT2D eigenvalue weighted by molar-refractivity contribution is 14.1. The Balaban J connectivity index is 2.73. The number of halogens is 1. The predicted molar refractivity (Wildman–Crippen MR) is 65.1 cm³/mol. The highest BCUT2D eigenvalue weighted by Gasteiger charge is 2.01. The molecule has 1 rings (SSSR count). The number of hydrogen-bond donors (Lipinski definition) is 1. The molecule has 0 aliphatic carbocycles. The van der Waals surface area contributed by atoms with Crippen molar-refractivity contribution in [3.63, 3.8) is 0 Å². The summed E-state index contributed by atoms with van der Waals surface area (Å²) >= 11 is 2.29.